The van der Waals surface area contributed by atoms with Gasteiger partial charge in [-0.15, -0.1) is 11.3 Å². The number of thiophene rings is 1. The lowest BCUT2D eigenvalue weighted by Gasteiger charge is -1.95. The fourth-order valence-corrected chi connectivity index (χ4v) is 2.76. The van der Waals surface area contributed by atoms with E-state index in [1.54, 1.807) is 11.3 Å². The molecule has 0 atom stereocenters. The zero-order valence-electron chi connectivity index (χ0n) is 8.97. The van der Waals surface area contributed by atoms with Gasteiger partial charge in [-0.2, -0.15) is 0 Å². The van der Waals surface area contributed by atoms with Gasteiger partial charge in [-0.05, 0) is 23.6 Å². The van der Waals surface area contributed by atoms with Crippen LogP contribution in [0.25, 0.3) is 20.7 Å². The summed E-state index contributed by atoms with van der Waals surface area (Å²) in [6.07, 6.45) is 1.92. The normalized spacial score (nSPS) is 10.8. The monoisotopic (exact) mass is 223 g/mol. The number of hydrogen-bond acceptors (Lipinski definition) is 2. The minimum absolute atomic E-state index is 1.06. The van der Waals surface area contributed by atoms with Gasteiger partial charge in [-0.25, -0.2) is 0 Å². The molecule has 1 nitrogen and oxygen atoms in total. The molecule has 1 aromatic carbocycles. The highest BCUT2D eigenvalue weighted by atomic mass is 32.1. The lowest BCUT2D eigenvalue weighted by Crippen LogP contribution is -2.01. The smallest absolute Gasteiger partial charge is 0.141 e. The maximum Gasteiger partial charge on any atom is 0.141 e. The van der Waals surface area contributed by atoms with Crippen LogP contribution in [0.5, 0.6) is 0 Å². The summed E-state index contributed by atoms with van der Waals surface area (Å²) in [5.74, 6) is 0. The first kappa shape index (κ1) is 9.61. The fourth-order valence-electron chi connectivity index (χ4n) is 1.72. The van der Waals surface area contributed by atoms with Crippen molar-refractivity contribution in [2.45, 2.75) is 0 Å². The van der Waals surface area contributed by atoms with E-state index >= 15 is 0 Å². The van der Waals surface area contributed by atoms with Gasteiger partial charge in [0.25, 0.3) is 0 Å². The molecule has 0 fully saturated rings. The van der Waals surface area contributed by atoms with Crippen LogP contribution in [-0.4, -0.2) is 12.8 Å². The average molecular weight is 223 g/mol. The molecule has 3 heteroatoms. The number of pyridine rings is 1. The van der Waals surface area contributed by atoms with Gasteiger partial charge in [0.1, 0.15) is 7.85 Å². The van der Waals surface area contributed by atoms with Crippen LogP contribution in [-0.2, 0) is 0 Å². The van der Waals surface area contributed by atoms with Crippen LogP contribution in [0.2, 0.25) is 0 Å². The van der Waals surface area contributed by atoms with Crippen molar-refractivity contribution in [2.24, 2.45) is 0 Å². The van der Waals surface area contributed by atoms with Crippen molar-refractivity contribution < 1.29 is 0 Å². The molecule has 0 saturated heterocycles. The Hall–Kier alpha value is -1.61. The molecule has 3 rings (SSSR count). The summed E-state index contributed by atoms with van der Waals surface area (Å²) in [6.45, 7) is 0. The molecule has 0 spiro atoms. The largest absolute Gasteiger partial charge is 0.256 e. The van der Waals surface area contributed by atoms with Crippen LogP contribution in [0.15, 0.2) is 48.7 Å². The third kappa shape index (κ3) is 1.63. The predicted molar refractivity (Wildman–Crippen MR) is 73.2 cm³/mol. The molecular weight excluding hydrogens is 213 g/mol. The molecule has 0 N–H and O–H groups in total. The predicted octanol–water partition coefficient (Wildman–Crippen LogP) is 2.22. The molecule has 0 aliphatic carbocycles. The maximum absolute atomic E-state index is 4.45. The van der Waals surface area contributed by atoms with Crippen molar-refractivity contribution in [3.8, 4) is 10.6 Å². The fraction of sp³-hybridized carbons (Fsp3) is 0. The van der Waals surface area contributed by atoms with Crippen LogP contribution in [0, 0.1) is 0 Å². The summed E-state index contributed by atoms with van der Waals surface area (Å²) in [5.41, 5.74) is 2.26. The van der Waals surface area contributed by atoms with Crippen molar-refractivity contribution >= 4 is 34.7 Å². The number of nitrogens with zero attached hydrogens (tertiary/aromatic N) is 1. The van der Waals surface area contributed by atoms with Crippen LogP contribution in [0.1, 0.15) is 0 Å². The lowest BCUT2D eigenvalue weighted by atomic mass is 9.99. The van der Waals surface area contributed by atoms with E-state index in [-0.39, 0.29) is 0 Å². The van der Waals surface area contributed by atoms with E-state index in [2.05, 4.69) is 55.3 Å². The highest BCUT2D eigenvalue weighted by molar-refractivity contribution is 7.22. The molecule has 16 heavy (non-hydrogen) atoms. The van der Waals surface area contributed by atoms with Crippen molar-refractivity contribution in [1.82, 2.24) is 4.98 Å². The standard InChI is InChI=1S/C13H10BNS/c14-10-5-6-11(15-8-10)13-7-9-3-1-2-4-12(9)16-13/h1-8H,14H2. The van der Waals surface area contributed by atoms with Gasteiger partial charge in [-0.1, -0.05) is 29.7 Å². The molecule has 2 heterocycles. The second kappa shape index (κ2) is 3.76. The van der Waals surface area contributed by atoms with E-state index in [9.17, 15) is 0 Å². The Bertz CT molecular complexity index is 595. The van der Waals surface area contributed by atoms with Gasteiger partial charge >= 0.3 is 0 Å². The second-order valence-electron chi connectivity index (χ2n) is 3.87. The maximum atomic E-state index is 4.45. The SMILES string of the molecule is Bc1ccc(-c2cc3ccccc3s2)nc1. The quantitative estimate of drug-likeness (QED) is 0.576. The lowest BCUT2D eigenvalue weighted by molar-refractivity contribution is 1.36. The Kier molecular flexibility index (Phi) is 2.26. The number of benzene rings is 1. The molecule has 0 radical (unpaired) electrons. The Morgan fingerprint density at radius 3 is 2.69 bits per heavy atom. The number of hydrogen-bond donors (Lipinski definition) is 0. The Labute approximate surface area is 99.2 Å². The topological polar surface area (TPSA) is 12.9 Å². The van der Waals surface area contributed by atoms with Gasteiger partial charge in [0, 0.05) is 10.9 Å². The van der Waals surface area contributed by atoms with Crippen molar-refractivity contribution in [1.29, 1.82) is 0 Å². The van der Waals surface area contributed by atoms with Gasteiger partial charge in [0.05, 0.1) is 10.6 Å². The molecule has 0 aliphatic rings. The van der Waals surface area contributed by atoms with Crippen molar-refractivity contribution in [3.63, 3.8) is 0 Å². The van der Waals surface area contributed by atoms with E-state index in [1.165, 1.54) is 20.4 Å². The van der Waals surface area contributed by atoms with Crippen LogP contribution in [0.4, 0.5) is 0 Å². The van der Waals surface area contributed by atoms with E-state index < -0.39 is 0 Å². The number of aromatic nitrogens is 1. The molecule has 0 amide bonds. The molecule has 3 aromatic rings. The van der Waals surface area contributed by atoms with Crippen LogP contribution in [0.3, 0.4) is 0 Å². The third-order valence-corrected chi connectivity index (χ3v) is 3.73. The van der Waals surface area contributed by atoms with Gasteiger partial charge in [0.2, 0.25) is 0 Å². The van der Waals surface area contributed by atoms with Crippen LogP contribution >= 0.6 is 11.3 Å². The zero-order valence-corrected chi connectivity index (χ0v) is 9.79. The number of rotatable bonds is 1. The first-order chi connectivity index (χ1) is 7.83. The Morgan fingerprint density at radius 1 is 1.06 bits per heavy atom. The van der Waals surface area contributed by atoms with Gasteiger partial charge in [-0.3, -0.25) is 4.98 Å². The number of fused-ring (bicyclic) bond motifs is 1. The van der Waals surface area contributed by atoms with E-state index in [0.29, 0.717) is 0 Å². The zero-order chi connectivity index (χ0) is 11.0. The minimum atomic E-state index is 1.06. The molecule has 0 saturated carbocycles. The summed E-state index contributed by atoms with van der Waals surface area (Å²) in [5, 5.41) is 1.30. The summed E-state index contributed by atoms with van der Waals surface area (Å²) >= 11 is 1.79. The van der Waals surface area contributed by atoms with E-state index in [0.717, 1.165) is 5.69 Å². The summed E-state index contributed by atoms with van der Waals surface area (Å²) in [7, 11) is 2.06. The highest BCUT2D eigenvalue weighted by Crippen LogP contribution is 2.31. The molecular formula is C13H10BNS. The molecule has 76 valence electrons. The van der Waals surface area contributed by atoms with Gasteiger partial charge < -0.3 is 0 Å². The van der Waals surface area contributed by atoms with E-state index in [1.807, 2.05) is 6.20 Å². The Balaban J connectivity index is 2.15. The molecule has 0 bridgehead atoms. The van der Waals surface area contributed by atoms with Crippen LogP contribution < -0.4 is 5.46 Å². The highest BCUT2D eigenvalue weighted by Gasteiger charge is 2.04. The molecule has 0 aliphatic heterocycles. The van der Waals surface area contributed by atoms with Crippen molar-refractivity contribution in [3.05, 3.63) is 48.7 Å². The molecule has 2 aromatic heterocycles. The van der Waals surface area contributed by atoms with E-state index in [4.69, 9.17) is 0 Å². The summed E-state index contributed by atoms with van der Waals surface area (Å²) < 4.78 is 1.32. The third-order valence-electron chi connectivity index (χ3n) is 2.59. The first-order valence-electron chi connectivity index (χ1n) is 5.24. The van der Waals surface area contributed by atoms with Crippen molar-refractivity contribution in [2.75, 3.05) is 0 Å². The second-order valence-corrected chi connectivity index (χ2v) is 4.95. The average Bonchev–Trinajstić information content (AvgIpc) is 2.73. The van der Waals surface area contributed by atoms with Gasteiger partial charge in [0.15, 0.2) is 0 Å². The first-order valence-corrected chi connectivity index (χ1v) is 6.06. The summed E-state index contributed by atoms with van der Waals surface area (Å²) in [6, 6.07) is 14.8. The minimum Gasteiger partial charge on any atom is -0.256 e. The summed E-state index contributed by atoms with van der Waals surface area (Å²) in [4.78, 5) is 5.69. The Morgan fingerprint density at radius 2 is 1.94 bits per heavy atom. The molecule has 0 unspecified atom stereocenters.